The Hall–Kier alpha value is -4.39. The van der Waals surface area contributed by atoms with Crippen LogP contribution in [0.1, 0.15) is 43.5 Å². The van der Waals surface area contributed by atoms with E-state index in [9.17, 15) is 20.0 Å². The number of amides is 1. The van der Waals surface area contributed by atoms with Gasteiger partial charge in [-0.1, -0.05) is 48.3 Å². The Morgan fingerprint density at radius 1 is 1.26 bits per heavy atom. The number of aliphatic carboxylic acids is 1. The minimum Gasteiger partial charge on any atom is -0.480 e. The molecule has 34 heavy (non-hydrogen) atoms. The van der Waals surface area contributed by atoms with E-state index in [-0.39, 0.29) is 17.1 Å². The molecule has 1 fully saturated rings. The fourth-order valence-electron chi connectivity index (χ4n) is 3.46. The second-order valence-corrected chi connectivity index (χ2v) is 8.08. The maximum atomic E-state index is 12.5. The number of anilines is 2. The van der Waals surface area contributed by atoms with Crippen molar-refractivity contribution in [3.05, 3.63) is 59.9 Å². The number of nitrogens with one attached hydrogen (secondary N) is 2. The zero-order valence-electron chi connectivity index (χ0n) is 18.4. The van der Waals surface area contributed by atoms with Crippen LogP contribution in [0.5, 0.6) is 0 Å². The molecule has 1 saturated carbocycles. The summed E-state index contributed by atoms with van der Waals surface area (Å²) in [5.74, 6) is 0.0287. The normalized spacial score (nSPS) is 14.5. The largest absolute Gasteiger partial charge is 0.480 e. The molecule has 3 N–H and O–H groups in total. The third-order valence-electron chi connectivity index (χ3n) is 5.49. The van der Waals surface area contributed by atoms with E-state index in [0.29, 0.717) is 23.7 Å². The number of nitrogens with zero attached hydrogens (tertiary/aromatic N) is 3. The summed E-state index contributed by atoms with van der Waals surface area (Å²) in [6.07, 6.45) is 2.81. The molecule has 3 aromatic rings. The number of carbonyl (C=O) groups is 2. The van der Waals surface area contributed by atoms with E-state index in [1.165, 1.54) is 6.20 Å². The zero-order chi connectivity index (χ0) is 24.1. The van der Waals surface area contributed by atoms with Gasteiger partial charge in [0.05, 0.1) is 0 Å². The number of nitriles is 1. The van der Waals surface area contributed by atoms with Crippen LogP contribution in [-0.2, 0) is 9.53 Å². The van der Waals surface area contributed by atoms with Crippen LogP contribution in [0.3, 0.4) is 0 Å². The molecule has 0 spiro atoms. The molecule has 174 valence electrons. The summed E-state index contributed by atoms with van der Waals surface area (Å²) >= 11 is 0. The minimum atomic E-state index is -0.929. The highest BCUT2D eigenvalue weighted by Crippen LogP contribution is 2.35. The second kappa shape index (κ2) is 10.0. The van der Waals surface area contributed by atoms with E-state index in [1.54, 1.807) is 19.1 Å². The molecular formula is C24H23N5O5. The Morgan fingerprint density at radius 3 is 2.65 bits per heavy atom. The molecule has 1 aromatic carbocycles. The van der Waals surface area contributed by atoms with Crippen LogP contribution in [0, 0.1) is 17.2 Å². The van der Waals surface area contributed by atoms with E-state index < -0.39 is 24.2 Å². The van der Waals surface area contributed by atoms with Crippen LogP contribution in [0.25, 0.3) is 11.3 Å². The second-order valence-electron chi connectivity index (χ2n) is 8.08. The monoisotopic (exact) mass is 461 g/mol. The van der Waals surface area contributed by atoms with Crippen molar-refractivity contribution in [3.63, 3.8) is 0 Å². The molecule has 2 heterocycles. The van der Waals surface area contributed by atoms with Crippen LogP contribution >= 0.6 is 0 Å². The number of rotatable bonds is 9. The molecule has 1 aliphatic carbocycles. The Bertz CT molecular complexity index is 1200. The van der Waals surface area contributed by atoms with Crippen LogP contribution in [0.4, 0.5) is 16.3 Å². The van der Waals surface area contributed by atoms with Gasteiger partial charge in [-0.05, 0) is 37.0 Å². The van der Waals surface area contributed by atoms with Gasteiger partial charge in [-0.3, -0.25) is 5.32 Å². The van der Waals surface area contributed by atoms with E-state index in [1.807, 2.05) is 36.4 Å². The minimum absolute atomic E-state index is 0.0624. The van der Waals surface area contributed by atoms with Gasteiger partial charge in [-0.2, -0.15) is 5.26 Å². The molecule has 0 radical (unpaired) electrons. The molecule has 0 bridgehead atoms. The van der Waals surface area contributed by atoms with Gasteiger partial charge in [0.2, 0.25) is 5.69 Å². The number of ether oxygens (including phenoxy) is 1. The highest BCUT2D eigenvalue weighted by molar-refractivity contribution is 5.91. The van der Waals surface area contributed by atoms with Crippen LogP contribution in [-0.4, -0.2) is 33.4 Å². The first-order chi connectivity index (χ1) is 16.4. The summed E-state index contributed by atoms with van der Waals surface area (Å²) in [5.41, 5.74) is 1.21. The molecule has 0 aliphatic heterocycles. The number of carboxylic acids is 1. The van der Waals surface area contributed by atoms with Crippen molar-refractivity contribution in [3.8, 4) is 17.4 Å². The van der Waals surface area contributed by atoms with Gasteiger partial charge in [0, 0.05) is 11.8 Å². The summed E-state index contributed by atoms with van der Waals surface area (Å²) in [6, 6.07) is 13.6. The average Bonchev–Trinajstić information content (AvgIpc) is 3.57. The average molecular weight is 461 g/mol. The molecular weight excluding hydrogens is 438 g/mol. The van der Waals surface area contributed by atoms with Gasteiger partial charge < -0.3 is 19.7 Å². The Kier molecular flexibility index (Phi) is 6.73. The van der Waals surface area contributed by atoms with Gasteiger partial charge in [-0.15, -0.1) is 0 Å². The van der Waals surface area contributed by atoms with Gasteiger partial charge in [-0.25, -0.2) is 14.6 Å². The third kappa shape index (κ3) is 5.50. The first kappa shape index (κ1) is 22.8. The molecule has 2 unspecified atom stereocenters. The molecule has 10 heteroatoms. The molecule has 10 nitrogen and oxygen atoms in total. The van der Waals surface area contributed by atoms with Crippen molar-refractivity contribution in [2.45, 2.75) is 38.3 Å². The quantitative estimate of drug-likeness (QED) is 0.416. The lowest BCUT2D eigenvalue weighted by molar-refractivity contribution is -0.138. The maximum Gasteiger partial charge on any atom is 0.412 e. The van der Waals surface area contributed by atoms with Crippen LogP contribution < -0.4 is 10.6 Å². The Morgan fingerprint density at radius 2 is 2.03 bits per heavy atom. The van der Waals surface area contributed by atoms with Gasteiger partial charge >= 0.3 is 12.1 Å². The number of pyridine rings is 1. The summed E-state index contributed by atoms with van der Waals surface area (Å²) in [6.45, 7) is 1.73. The molecule has 1 aliphatic rings. The van der Waals surface area contributed by atoms with Gasteiger partial charge in [0.1, 0.15) is 29.7 Å². The van der Waals surface area contributed by atoms with E-state index in [4.69, 9.17) is 9.26 Å². The van der Waals surface area contributed by atoms with E-state index in [2.05, 4.69) is 20.8 Å². The van der Waals surface area contributed by atoms with Crippen molar-refractivity contribution in [1.82, 2.24) is 10.1 Å². The first-order valence-electron chi connectivity index (χ1n) is 10.8. The predicted molar refractivity (Wildman–Crippen MR) is 122 cm³/mol. The summed E-state index contributed by atoms with van der Waals surface area (Å²) < 4.78 is 10.7. The molecule has 2 atom stereocenters. The topological polar surface area (TPSA) is 150 Å². The van der Waals surface area contributed by atoms with Gasteiger partial charge in [0.15, 0.2) is 5.76 Å². The molecule has 0 saturated heterocycles. The zero-order valence-corrected chi connectivity index (χ0v) is 18.4. The summed E-state index contributed by atoms with van der Waals surface area (Å²) in [5, 5.41) is 28.0. The number of aromatic nitrogens is 2. The van der Waals surface area contributed by atoms with Crippen LogP contribution in [0.15, 0.2) is 53.2 Å². The highest BCUT2D eigenvalue weighted by Gasteiger charge is 2.29. The van der Waals surface area contributed by atoms with Crippen molar-refractivity contribution in [2.24, 2.45) is 5.92 Å². The van der Waals surface area contributed by atoms with E-state index >= 15 is 0 Å². The molecule has 1 amide bonds. The number of carboxylic acid groups (broad SMARTS) is 1. The maximum absolute atomic E-state index is 12.5. The number of benzene rings is 1. The van der Waals surface area contributed by atoms with Gasteiger partial charge in [0.25, 0.3) is 0 Å². The summed E-state index contributed by atoms with van der Waals surface area (Å²) in [7, 11) is 0. The Balaban J connectivity index is 1.47. The molecule has 2 aromatic heterocycles. The van der Waals surface area contributed by atoms with Crippen molar-refractivity contribution >= 4 is 23.6 Å². The smallest absolute Gasteiger partial charge is 0.412 e. The van der Waals surface area contributed by atoms with Crippen molar-refractivity contribution < 1.29 is 24.0 Å². The Labute approximate surface area is 195 Å². The third-order valence-corrected chi connectivity index (χ3v) is 5.49. The SMILES string of the molecule is CC(OC(=O)Nc1c(C#N)noc1-c1ccc(NC(CC2CC2)C(=O)O)nc1)c1ccccc1. The lowest BCUT2D eigenvalue weighted by atomic mass is 10.1. The molecule has 4 rings (SSSR count). The van der Waals surface area contributed by atoms with Crippen LogP contribution in [0.2, 0.25) is 0 Å². The lowest BCUT2D eigenvalue weighted by Crippen LogP contribution is -2.30. The van der Waals surface area contributed by atoms with E-state index in [0.717, 1.165) is 18.4 Å². The highest BCUT2D eigenvalue weighted by atomic mass is 16.6. The van der Waals surface area contributed by atoms with Crippen molar-refractivity contribution in [2.75, 3.05) is 10.6 Å². The van der Waals surface area contributed by atoms with Crippen molar-refractivity contribution in [1.29, 1.82) is 5.26 Å². The first-order valence-corrected chi connectivity index (χ1v) is 10.8. The lowest BCUT2D eigenvalue weighted by Gasteiger charge is -2.15. The number of hydrogen-bond donors (Lipinski definition) is 3. The fraction of sp³-hybridized carbons (Fsp3) is 0.292. The number of carbonyl (C=O) groups excluding carboxylic acids is 1. The summed E-state index contributed by atoms with van der Waals surface area (Å²) in [4.78, 5) is 28.3. The predicted octanol–water partition coefficient (Wildman–Crippen LogP) is 4.58. The number of hydrogen-bond acceptors (Lipinski definition) is 8. The standard InChI is InChI=1S/C24H23N5O5/c1-14(16-5-3-2-4-6-16)33-24(32)28-21-19(12-25)29-34-22(21)17-9-10-20(26-13-17)27-18(23(30)31)11-15-7-8-15/h2-6,9-10,13-15,18H,7-8,11H2,1H3,(H,26,27)(H,28,32)(H,30,31). The fourth-order valence-corrected chi connectivity index (χ4v) is 3.46.